The van der Waals surface area contributed by atoms with Crippen molar-refractivity contribution in [2.24, 2.45) is 5.41 Å². The summed E-state index contributed by atoms with van der Waals surface area (Å²) in [5.74, 6) is 0.280. The molecule has 2 nitrogen and oxygen atoms in total. The Labute approximate surface area is 119 Å². The number of fused-ring (bicyclic) bond motifs is 1. The number of sulfone groups is 1. The van der Waals surface area contributed by atoms with E-state index in [9.17, 15) is 8.42 Å². The highest BCUT2D eigenvalue weighted by Crippen LogP contribution is 2.47. The van der Waals surface area contributed by atoms with Crippen molar-refractivity contribution >= 4 is 41.7 Å². The molecule has 0 saturated carbocycles. The van der Waals surface area contributed by atoms with E-state index in [1.165, 1.54) is 0 Å². The van der Waals surface area contributed by atoms with E-state index in [2.05, 4.69) is 38.8 Å². The monoisotopic (exact) mass is 380 g/mol. The molecule has 1 aliphatic heterocycles. The zero-order valence-corrected chi connectivity index (χ0v) is 13.5. The lowest BCUT2D eigenvalue weighted by Crippen LogP contribution is -2.30. The normalized spacial score (nSPS) is 22.4. The van der Waals surface area contributed by atoms with Crippen LogP contribution in [0.3, 0.4) is 0 Å². The Morgan fingerprint density at radius 3 is 2.47 bits per heavy atom. The van der Waals surface area contributed by atoms with Crippen LogP contribution in [0, 0.1) is 5.41 Å². The smallest absolute Gasteiger partial charge is 0.179 e. The summed E-state index contributed by atoms with van der Waals surface area (Å²) in [6.07, 6.45) is 0. The Hall–Kier alpha value is 0.130. The van der Waals surface area contributed by atoms with Gasteiger partial charge in [-0.2, -0.15) is 0 Å². The minimum absolute atomic E-state index is 0.0578. The first-order valence-electron chi connectivity index (χ1n) is 5.38. The predicted molar refractivity (Wildman–Crippen MR) is 76.9 cm³/mol. The summed E-state index contributed by atoms with van der Waals surface area (Å²) in [6.45, 7) is 2.11. The zero-order valence-electron chi connectivity index (χ0n) is 9.49. The van der Waals surface area contributed by atoms with E-state index >= 15 is 0 Å². The second kappa shape index (κ2) is 4.67. The molecule has 1 aromatic carbocycles. The second-order valence-electron chi connectivity index (χ2n) is 4.79. The van der Waals surface area contributed by atoms with Gasteiger partial charge in [0.1, 0.15) is 0 Å². The second-order valence-corrected chi connectivity index (χ2v) is 7.92. The van der Waals surface area contributed by atoms with Crippen molar-refractivity contribution < 1.29 is 8.42 Å². The Kier molecular flexibility index (Phi) is 3.72. The summed E-state index contributed by atoms with van der Waals surface area (Å²) in [5, 5.41) is 1.56. The number of benzene rings is 1. The lowest BCUT2D eigenvalue weighted by Gasteiger charge is -2.31. The molecule has 17 heavy (non-hydrogen) atoms. The highest BCUT2D eigenvalue weighted by atomic mass is 79.9. The van der Waals surface area contributed by atoms with Crippen LogP contribution >= 0.6 is 31.9 Å². The van der Waals surface area contributed by atoms with Gasteiger partial charge in [0, 0.05) is 16.6 Å². The minimum Gasteiger partial charge on any atom is -0.224 e. The Morgan fingerprint density at radius 1 is 1.29 bits per heavy atom. The van der Waals surface area contributed by atoms with Gasteiger partial charge in [-0.15, -0.1) is 0 Å². The van der Waals surface area contributed by atoms with Crippen LogP contribution in [-0.2, 0) is 9.84 Å². The first-order chi connectivity index (χ1) is 7.94. The zero-order chi connectivity index (χ0) is 12.7. The van der Waals surface area contributed by atoms with Crippen molar-refractivity contribution in [3.63, 3.8) is 0 Å². The van der Waals surface area contributed by atoms with Crippen molar-refractivity contribution in [1.82, 2.24) is 0 Å². The van der Waals surface area contributed by atoms with Gasteiger partial charge < -0.3 is 0 Å². The largest absolute Gasteiger partial charge is 0.224 e. The number of hydrogen-bond acceptors (Lipinski definition) is 2. The highest BCUT2D eigenvalue weighted by molar-refractivity contribution is 9.09. The molecule has 0 aromatic heterocycles. The highest BCUT2D eigenvalue weighted by Gasteiger charge is 2.44. The third kappa shape index (κ3) is 2.22. The van der Waals surface area contributed by atoms with Crippen molar-refractivity contribution in [2.45, 2.75) is 17.7 Å². The summed E-state index contributed by atoms with van der Waals surface area (Å²) in [4.78, 5) is 0.512. The average molecular weight is 382 g/mol. The molecule has 1 heterocycles. The molecule has 0 N–H and O–H groups in total. The molecule has 0 bridgehead atoms. The molecular weight excluding hydrogens is 368 g/mol. The van der Waals surface area contributed by atoms with Crippen LogP contribution in [0.4, 0.5) is 0 Å². The van der Waals surface area contributed by atoms with Gasteiger partial charge in [-0.3, -0.25) is 0 Å². The maximum Gasteiger partial charge on any atom is 0.179 e. The van der Waals surface area contributed by atoms with Crippen LogP contribution < -0.4 is 0 Å². The molecule has 5 heteroatoms. The molecule has 94 valence electrons. The molecule has 0 fully saturated rings. The topological polar surface area (TPSA) is 34.1 Å². The molecule has 0 saturated heterocycles. The van der Waals surface area contributed by atoms with Crippen molar-refractivity contribution in [1.29, 1.82) is 0 Å². The minimum atomic E-state index is -3.10. The lowest BCUT2D eigenvalue weighted by atomic mass is 9.78. The quantitative estimate of drug-likeness (QED) is 0.752. The van der Waals surface area contributed by atoms with E-state index in [0.29, 0.717) is 4.90 Å². The third-order valence-electron chi connectivity index (χ3n) is 3.47. The first-order valence-corrected chi connectivity index (χ1v) is 9.28. The SMILES string of the molecule is CC(CBr)(CBr)C1CS(=O)(=O)c2ccccc21. The van der Waals surface area contributed by atoms with Gasteiger partial charge >= 0.3 is 0 Å². The summed E-state index contributed by atoms with van der Waals surface area (Å²) >= 11 is 7.01. The molecule has 0 radical (unpaired) electrons. The van der Waals surface area contributed by atoms with Crippen molar-refractivity contribution in [2.75, 3.05) is 16.4 Å². The molecule has 0 spiro atoms. The predicted octanol–water partition coefficient (Wildman–Crippen LogP) is 3.35. The fourth-order valence-electron chi connectivity index (χ4n) is 2.25. The van der Waals surface area contributed by atoms with E-state index in [1.807, 2.05) is 12.1 Å². The summed E-state index contributed by atoms with van der Waals surface area (Å²) in [6, 6.07) is 7.36. The molecule has 0 aliphatic carbocycles. The number of halogens is 2. The number of alkyl halides is 2. The number of hydrogen-bond donors (Lipinski definition) is 0. The summed E-state index contributed by atoms with van der Waals surface area (Å²) in [7, 11) is -3.10. The van der Waals surface area contributed by atoms with Crippen LogP contribution in [0.5, 0.6) is 0 Å². The molecule has 2 rings (SSSR count). The maximum absolute atomic E-state index is 12.1. The van der Waals surface area contributed by atoms with E-state index in [-0.39, 0.29) is 17.1 Å². The van der Waals surface area contributed by atoms with E-state index in [0.717, 1.165) is 16.2 Å². The fraction of sp³-hybridized carbons (Fsp3) is 0.500. The van der Waals surface area contributed by atoms with Crippen LogP contribution in [-0.4, -0.2) is 24.8 Å². The van der Waals surface area contributed by atoms with Crippen LogP contribution in [0.25, 0.3) is 0 Å². The molecule has 1 unspecified atom stereocenters. The van der Waals surface area contributed by atoms with Crippen LogP contribution in [0.1, 0.15) is 18.4 Å². The first kappa shape index (κ1) is 13.6. The van der Waals surface area contributed by atoms with Crippen LogP contribution in [0.15, 0.2) is 29.2 Å². The fourth-order valence-corrected chi connectivity index (χ4v) is 6.01. The van der Waals surface area contributed by atoms with Gasteiger partial charge in [0.25, 0.3) is 0 Å². The molecular formula is C12H14Br2O2S. The van der Waals surface area contributed by atoms with Crippen LogP contribution in [0.2, 0.25) is 0 Å². The summed E-state index contributed by atoms with van der Waals surface area (Å²) < 4.78 is 24.2. The standard InChI is InChI=1S/C12H14Br2O2S/c1-12(7-13,8-14)10-6-17(15,16)11-5-3-2-4-9(10)11/h2-5,10H,6-8H2,1H3. The van der Waals surface area contributed by atoms with Crippen molar-refractivity contribution in [3.8, 4) is 0 Å². The lowest BCUT2D eigenvalue weighted by molar-refractivity contribution is 0.366. The molecule has 1 aromatic rings. The van der Waals surface area contributed by atoms with E-state index in [1.54, 1.807) is 12.1 Å². The van der Waals surface area contributed by atoms with Crippen molar-refractivity contribution in [3.05, 3.63) is 29.8 Å². The molecule has 0 amide bonds. The maximum atomic E-state index is 12.1. The Morgan fingerprint density at radius 2 is 1.88 bits per heavy atom. The van der Waals surface area contributed by atoms with Gasteiger partial charge in [0.05, 0.1) is 10.6 Å². The number of rotatable bonds is 3. The molecule has 1 aliphatic rings. The van der Waals surface area contributed by atoms with Gasteiger partial charge in [-0.25, -0.2) is 8.42 Å². The Bertz CT molecular complexity index is 521. The summed E-state index contributed by atoms with van der Waals surface area (Å²) in [5.41, 5.74) is 0.883. The Balaban J connectivity index is 2.56. The van der Waals surface area contributed by atoms with E-state index < -0.39 is 9.84 Å². The van der Waals surface area contributed by atoms with Gasteiger partial charge in [-0.05, 0) is 17.0 Å². The van der Waals surface area contributed by atoms with Gasteiger partial charge in [0.15, 0.2) is 9.84 Å². The average Bonchev–Trinajstić information content (AvgIpc) is 2.62. The van der Waals surface area contributed by atoms with Gasteiger partial charge in [-0.1, -0.05) is 57.0 Å². The molecule has 1 atom stereocenters. The third-order valence-corrected chi connectivity index (χ3v) is 7.84. The van der Waals surface area contributed by atoms with E-state index in [4.69, 9.17) is 0 Å². The van der Waals surface area contributed by atoms with Gasteiger partial charge in [0.2, 0.25) is 0 Å².